The number of thiazole rings is 1. The fourth-order valence-electron chi connectivity index (χ4n) is 4.31. The minimum absolute atomic E-state index is 0.0850. The SMILES string of the molecule is Nc1ccc(N2CCC[C@@H](N)C2)c(NC(=O)c2csc(-c3cnn(Cc4cc(F)cc(F)c4)c3)n2)c1. The van der Waals surface area contributed by atoms with Crippen LogP contribution in [-0.2, 0) is 6.54 Å². The van der Waals surface area contributed by atoms with Crippen LogP contribution in [-0.4, -0.2) is 39.8 Å². The van der Waals surface area contributed by atoms with Crippen molar-refractivity contribution in [3.63, 3.8) is 0 Å². The summed E-state index contributed by atoms with van der Waals surface area (Å²) in [6, 6.07) is 8.88. The molecule has 1 amide bonds. The first-order chi connectivity index (χ1) is 17.3. The van der Waals surface area contributed by atoms with Gasteiger partial charge in [-0.1, -0.05) is 0 Å². The Morgan fingerprint density at radius 2 is 2.00 bits per heavy atom. The van der Waals surface area contributed by atoms with Crippen LogP contribution in [0.2, 0.25) is 0 Å². The fourth-order valence-corrected chi connectivity index (χ4v) is 5.08. The molecule has 0 saturated carbocycles. The number of halogens is 2. The molecule has 36 heavy (non-hydrogen) atoms. The highest BCUT2D eigenvalue weighted by Crippen LogP contribution is 2.31. The second-order valence-electron chi connectivity index (χ2n) is 8.82. The Bertz CT molecular complexity index is 1380. The molecule has 1 aliphatic rings. The van der Waals surface area contributed by atoms with Crippen LogP contribution in [0.4, 0.5) is 25.8 Å². The molecule has 0 radical (unpaired) electrons. The number of aromatic nitrogens is 3. The molecule has 4 aromatic rings. The molecule has 5 N–H and O–H groups in total. The number of carbonyl (C=O) groups excluding carboxylic acids is 1. The summed E-state index contributed by atoms with van der Waals surface area (Å²) in [5.74, 6) is -1.63. The molecular weight excluding hydrogens is 484 g/mol. The van der Waals surface area contributed by atoms with Gasteiger partial charge < -0.3 is 21.7 Å². The number of carbonyl (C=O) groups is 1. The van der Waals surface area contributed by atoms with E-state index < -0.39 is 11.6 Å². The molecule has 1 saturated heterocycles. The van der Waals surface area contributed by atoms with Crippen LogP contribution < -0.4 is 21.7 Å². The van der Waals surface area contributed by atoms with Gasteiger partial charge in [-0.3, -0.25) is 9.48 Å². The Labute approximate surface area is 210 Å². The lowest BCUT2D eigenvalue weighted by Crippen LogP contribution is -2.43. The van der Waals surface area contributed by atoms with E-state index in [4.69, 9.17) is 11.5 Å². The van der Waals surface area contributed by atoms with Crippen LogP contribution in [0, 0.1) is 11.6 Å². The molecule has 186 valence electrons. The second-order valence-corrected chi connectivity index (χ2v) is 9.68. The van der Waals surface area contributed by atoms with Crippen molar-refractivity contribution in [1.82, 2.24) is 14.8 Å². The summed E-state index contributed by atoms with van der Waals surface area (Å²) in [5, 5.41) is 9.48. The maximum absolute atomic E-state index is 13.5. The largest absolute Gasteiger partial charge is 0.399 e. The van der Waals surface area contributed by atoms with Crippen molar-refractivity contribution in [2.24, 2.45) is 5.73 Å². The number of rotatable bonds is 6. The molecule has 5 rings (SSSR count). The molecule has 0 aliphatic carbocycles. The Kier molecular flexibility index (Phi) is 6.66. The number of benzene rings is 2. The molecule has 1 atom stereocenters. The molecule has 1 fully saturated rings. The van der Waals surface area contributed by atoms with Gasteiger partial charge in [0.25, 0.3) is 5.91 Å². The first-order valence-electron chi connectivity index (χ1n) is 11.5. The van der Waals surface area contributed by atoms with Crippen molar-refractivity contribution in [3.05, 3.63) is 77.1 Å². The second kappa shape index (κ2) is 10.0. The predicted octanol–water partition coefficient (Wildman–Crippen LogP) is 4.10. The molecule has 3 heterocycles. The van der Waals surface area contributed by atoms with E-state index in [2.05, 4.69) is 20.3 Å². The van der Waals surface area contributed by atoms with E-state index in [0.717, 1.165) is 31.1 Å². The molecule has 11 heteroatoms. The van der Waals surface area contributed by atoms with Gasteiger partial charge in [-0.15, -0.1) is 11.3 Å². The van der Waals surface area contributed by atoms with Crippen LogP contribution in [0.15, 0.2) is 54.2 Å². The molecule has 0 spiro atoms. The van der Waals surface area contributed by atoms with E-state index in [-0.39, 0.29) is 24.2 Å². The van der Waals surface area contributed by atoms with E-state index in [0.29, 0.717) is 34.1 Å². The number of nitrogens with two attached hydrogens (primary N) is 2. The standard InChI is InChI=1S/C25H25F2N7OS/c26-17-6-15(7-18(27)8-17)11-34-12-16(10-30-34)25-32-22(14-36-25)24(35)31-21-9-19(28)3-4-23(21)33-5-1-2-20(29)13-33/h3-4,6-10,12,14,20H,1-2,5,11,13,28-29H2,(H,31,35)/t20-/m1/s1. The van der Waals surface area contributed by atoms with Crippen molar-refractivity contribution in [3.8, 4) is 10.6 Å². The lowest BCUT2D eigenvalue weighted by molar-refractivity contribution is 0.102. The van der Waals surface area contributed by atoms with Crippen molar-refractivity contribution in [2.45, 2.75) is 25.4 Å². The Hall–Kier alpha value is -3.83. The zero-order chi connectivity index (χ0) is 25.2. The van der Waals surface area contributed by atoms with Crippen LogP contribution in [0.1, 0.15) is 28.9 Å². The van der Waals surface area contributed by atoms with E-state index >= 15 is 0 Å². The van der Waals surface area contributed by atoms with Gasteiger partial charge in [-0.25, -0.2) is 13.8 Å². The summed E-state index contributed by atoms with van der Waals surface area (Å²) < 4.78 is 28.5. The summed E-state index contributed by atoms with van der Waals surface area (Å²) >= 11 is 1.30. The minimum Gasteiger partial charge on any atom is -0.399 e. The summed E-state index contributed by atoms with van der Waals surface area (Å²) in [4.78, 5) is 19.7. The average Bonchev–Trinajstić information content (AvgIpc) is 3.48. The van der Waals surface area contributed by atoms with Gasteiger partial charge in [-0.05, 0) is 48.7 Å². The van der Waals surface area contributed by atoms with Gasteiger partial charge in [0, 0.05) is 48.0 Å². The van der Waals surface area contributed by atoms with Crippen LogP contribution in [0.3, 0.4) is 0 Å². The maximum Gasteiger partial charge on any atom is 0.275 e. The monoisotopic (exact) mass is 509 g/mol. The van der Waals surface area contributed by atoms with Gasteiger partial charge in [-0.2, -0.15) is 5.10 Å². The van der Waals surface area contributed by atoms with E-state index in [9.17, 15) is 13.6 Å². The molecule has 8 nitrogen and oxygen atoms in total. The highest BCUT2D eigenvalue weighted by Gasteiger charge is 2.21. The zero-order valence-corrected chi connectivity index (χ0v) is 20.1. The van der Waals surface area contributed by atoms with Gasteiger partial charge in [0.15, 0.2) is 0 Å². The number of anilines is 3. The zero-order valence-electron chi connectivity index (χ0n) is 19.3. The quantitative estimate of drug-likeness (QED) is 0.337. The highest BCUT2D eigenvalue weighted by molar-refractivity contribution is 7.13. The summed E-state index contributed by atoms with van der Waals surface area (Å²) in [6.45, 7) is 1.76. The fraction of sp³-hybridized carbons (Fsp3) is 0.240. The summed E-state index contributed by atoms with van der Waals surface area (Å²) in [7, 11) is 0. The number of nitrogens with one attached hydrogen (secondary N) is 1. The molecule has 2 aromatic carbocycles. The Balaban J connectivity index is 1.31. The smallest absolute Gasteiger partial charge is 0.275 e. The molecule has 2 aromatic heterocycles. The van der Waals surface area contributed by atoms with Crippen LogP contribution in [0.25, 0.3) is 10.6 Å². The van der Waals surface area contributed by atoms with Gasteiger partial charge in [0.2, 0.25) is 0 Å². The topological polar surface area (TPSA) is 115 Å². The highest BCUT2D eigenvalue weighted by atomic mass is 32.1. The lowest BCUT2D eigenvalue weighted by atomic mass is 10.1. The lowest BCUT2D eigenvalue weighted by Gasteiger charge is -2.34. The third kappa shape index (κ3) is 5.37. The Morgan fingerprint density at radius 3 is 2.78 bits per heavy atom. The normalized spacial score (nSPS) is 15.8. The molecule has 1 aliphatic heterocycles. The van der Waals surface area contributed by atoms with Crippen molar-refractivity contribution in [2.75, 3.05) is 29.0 Å². The van der Waals surface area contributed by atoms with Crippen molar-refractivity contribution >= 4 is 34.3 Å². The number of hydrogen-bond acceptors (Lipinski definition) is 7. The summed E-state index contributed by atoms with van der Waals surface area (Å²) in [6.07, 6.45) is 5.28. The van der Waals surface area contributed by atoms with Gasteiger partial charge >= 0.3 is 0 Å². The third-order valence-corrected chi connectivity index (χ3v) is 6.84. The molecule has 0 unspecified atom stereocenters. The van der Waals surface area contributed by atoms with E-state index in [1.54, 1.807) is 28.5 Å². The van der Waals surface area contributed by atoms with Crippen LogP contribution in [0.5, 0.6) is 0 Å². The Morgan fingerprint density at radius 1 is 1.19 bits per heavy atom. The first kappa shape index (κ1) is 23.9. The number of hydrogen-bond donors (Lipinski definition) is 3. The number of nitrogens with zero attached hydrogens (tertiary/aromatic N) is 4. The third-order valence-electron chi connectivity index (χ3n) is 5.95. The predicted molar refractivity (Wildman–Crippen MR) is 137 cm³/mol. The van der Waals surface area contributed by atoms with E-state index in [1.807, 2.05) is 12.1 Å². The van der Waals surface area contributed by atoms with Crippen molar-refractivity contribution in [1.29, 1.82) is 0 Å². The van der Waals surface area contributed by atoms with E-state index in [1.165, 1.54) is 23.5 Å². The number of amides is 1. The maximum atomic E-state index is 13.5. The number of piperidine rings is 1. The molecule has 0 bridgehead atoms. The number of nitrogen functional groups attached to an aromatic ring is 1. The van der Waals surface area contributed by atoms with Crippen molar-refractivity contribution < 1.29 is 13.6 Å². The average molecular weight is 510 g/mol. The van der Waals surface area contributed by atoms with Crippen LogP contribution >= 0.6 is 11.3 Å². The van der Waals surface area contributed by atoms with Gasteiger partial charge in [0.1, 0.15) is 22.3 Å². The summed E-state index contributed by atoms with van der Waals surface area (Å²) in [5.41, 5.74) is 15.6. The van der Waals surface area contributed by atoms with Gasteiger partial charge in [0.05, 0.1) is 24.1 Å². The first-order valence-corrected chi connectivity index (χ1v) is 12.4. The minimum atomic E-state index is -0.639. The molecular formula is C25H25F2N7OS.